The molecule has 20 heavy (non-hydrogen) atoms. The number of anilines is 1. The van der Waals surface area contributed by atoms with Crippen LogP contribution in [0.4, 0.5) is 18.9 Å². The second kappa shape index (κ2) is 5.87. The van der Waals surface area contributed by atoms with Crippen LogP contribution in [-0.2, 0) is 0 Å². The van der Waals surface area contributed by atoms with Crippen LogP contribution < -0.4 is 10.8 Å². The second-order valence-corrected chi connectivity index (χ2v) is 5.29. The molecule has 11 heteroatoms. The number of imidazole rings is 1. The van der Waals surface area contributed by atoms with E-state index < -0.39 is 18.8 Å². The van der Waals surface area contributed by atoms with Crippen LogP contribution in [-0.4, -0.2) is 38.6 Å². The molecule has 0 radical (unpaired) electrons. The molecule has 1 unspecified atom stereocenters. The lowest BCUT2D eigenvalue weighted by molar-refractivity contribution is -0.172. The maximum Gasteiger partial charge on any atom is 0.407 e. The fourth-order valence-electron chi connectivity index (χ4n) is 1.49. The predicted octanol–water partition coefficient (Wildman–Crippen LogP) is 2.31. The first-order chi connectivity index (χ1) is 9.32. The van der Waals surface area contributed by atoms with Gasteiger partial charge in [0.1, 0.15) is 9.74 Å². The summed E-state index contributed by atoms with van der Waals surface area (Å²) < 4.78 is 39.6. The van der Waals surface area contributed by atoms with Crippen molar-refractivity contribution >= 4 is 45.5 Å². The maximum atomic E-state index is 12.5. The van der Waals surface area contributed by atoms with E-state index in [1.165, 1.54) is 22.3 Å². The summed E-state index contributed by atoms with van der Waals surface area (Å²) >= 11 is 7.77. The molecule has 2 heterocycles. The molecule has 0 spiro atoms. The minimum Gasteiger partial charge on any atom is -0.380 e. The first-order valence-electron chi connectivity index (χ1n) is 5.23. The highest BCUT2D eigenvalue weighted by molar-refractivity contribution is 14.1. The first kappa shape index (κ1) is 15.5. The van der Waals surface area contributed by atoms with Gasteiger partial charge in [0.25, 0.3) is 0 Å². The standard InChI is InChI=1S/C9H8ClF3IN5O/c10-6-1-4(8-16-3-7(14)19(8)17-6)15-2-5(18-20)9(11,12)13/h1,3,5,15,18,20H,2H2. The van der Waals surface area contributed by atoms with Gasteiger partial charge in [-0.25, -0.2) is 9.50 Å². The Balaban J connectivity index is 2.26. The lowest BCUT2D eigenvalue weighted by atomic mass is 10.3. The average Bonchev–Trinajstić information content (AvgIpc) is 2.70. The third-order valence-corrected chi connectivity index (χ3v) is 3.36. The van der Waals surface area contributed by atoms with Gasteiger partial charge in [0.2, 0.25) is 0 Å². The van der Waals surface area contributed by atoms with Crippen molar-refractivity contribution in [1.29, 1.82) is 0 Å². The summed E-state index contributed by atoms with van der Waals surface area (Å²) in [5.41, 5.74) is 1.85. The number of fused-ring (bicyclic) bond motifs is 1. The van der Waals surface area contributed by atoms with Gasteiger partial charge in [0.15, 0.2) is 10.8 Å². The molecule has 110 valence electrons. The zero-order chi connectivity index (χ0) is 14.9. The van der Waals surface area contributed by atoms with E-state index in [2.05, 4.69) is 15.4 Å². The number of nitrogens with one attached hydrogen (secondary N) is 2. The van der Waals surface area contributed by atoms with Crippen LogP contribution in [0.3, 0.4) is 0 Å². The highest BCUT2D eigenvalue weighted by atomic mass is 127. The van der Waals surface area contributed by atoms with Crippen LogP contribution in [0.1, 0.15) is 0 Å². The van der Waals surface area contributed by atoms with Crippen molar-refractivity contribution in [1.82, 2.24) is 20.1 Å². The molecule has 3 N–H and O–H groups in total. The van der Waals surface area contributed by atoms with Crippen molar-refractivity contribution in [3.05, 3.63) is 21.1 Å². The van der Waals surface area contributed by atoms with Gasteiger partial charge in [-0.3, -0.25) is 0 Å². The zero-order valence-electron chi connectivity index (χ0n) is 9.62. The molecule has 0 saturated heterocycles. The average molecular weight is 422 g/mol. The molecular weight excluding hydrogens is 413 g/mol. The Bertz CT molecular complexity index is 619. The monoisotopic (exact) mass is 421 g/mol. The van der Waals surface area contributed by atoms with E-state index in [-0.39, 0.29) is 10.8 Å². The topological polar surface area (TPSA) is 74.5 Å². The number of hydrogen-bond donors (Lipinski definition) is 3. The van der Waals surface area contributed by atoms with Gasteiger partial charge < -0.3 is 10.5 Å². The number of alkyl halides is 3. The molecule has 0 aliphatic rings. The summed E-state index contributed by atoms with van der Waals surface area (Å²) in [6.07, 6.45) is -3.07. The van der Waals surface area contributed by atoms with Crippen LogP contribution in [0, 0.1) is 3.70 Å². The van der Waals surface area contributed by atoms with Crippen LogP contribution >= 0.6 is 34.2 Å². The van der Waals surface area contributed by atoms with E-state index in [1.54, 1.807) is 0 Å². The molecule has 0 aromatic carbocycles. The number of rotatable bonds is 4. The molecule has 0 fully saturated rings. The van der Waals surface area contributed by atoms with E-state index in [9.17, 15) is 13.2 Å². The van der Waals surface area contributed by atoms with Crippen molar-refractivity contribution in [2.75, 3.05) is 11.9 Å². The van der Waals surface area contributed by atoms with E-state index >= 15 is 0 Å². The molecule has 0 aliphatic heterocycles. The maximum absolute atomic E-state index is 12.5. The normalized spacial score (nSPS) is 13.7. The number of hydrogen-bond acceptors (Lipinski definition) is 5. The Morgan fingerprint density at radius 3 is 2.80 bits per heavy atom. The Labute approximate surface area is 129 Å². The van der Waals surface area contributed by atoms with Crippen molar-refractivity contribution in [3.63, 3.8) is 0 Å². The van der Waals surface area contributed by atoms with Crippen molar-refractivity contribution in [3.8, 4) is 0 Å². The van der Waals surface area contributed by atoms with Gasteiger partial charge in [0.05, 0.1) is 11.9 Å². The Kier molecular flexibility index (Phi) is 4.56. The third kappa shape index (κ3) is 3.24. The van der Waals surface area contributed by atoms with Gasteiger partial charge >= 0.3 is 6.18 Å². The molecular formula is C9H8ClF3IN5O. The molecule has 2 aromatic heterocycles. The number of hydroxylamine groups is 1. The largest absolute Gasteiger partial charge is 0.407 e. The van der Waals surface area contributed by atoms with E-state index in [0.29, 0.717) is 9.35 Å². The summed E-state index contributed by atoms with van der Waals surface area (Å²) in [5.74, 6) is 0. The molecule has 0 aliphatic carbocycles. The van der Waals surface area contributed by atoms with Gasteiger partial charge in [-0.1, -0.05) is 11.6 Å². The zero-order valence-corrected chi connectivity index (χ0v) is 12.5. The molecule has 2 rings (SSSR count). The third-order valence-electron chi connectivity index (χ3n) is 2.44. The number of aromatic nitrogens is 3. The van der Waals surface area contributed by atoms with E-state index in [4.69, 9.17) is 16.8 Å². The van der Waals surface area contributed by atoms with Crippen LogP contribution in [0.25, 0.3) is 5.65 Å². The number of halogens is 5. The fourth-order valence-corrected chi connectivity index (χ4v) is 2.15. The summed E-state index contributed by atoms with van der Waals surface area (Å²) in [6, 6.07) is -0.742. The second-order valence-electron chi connectivity index (χ2n) is 3.80. The smallest absolute Gasteiger partial charge is 0.380 e. The van der Waals surface area contributed by atoms with Crippen molar-refractivity contribution < 1.29 is 18.4 Å². The molecule has 2 aromatic rings. The Morgan fingerprint density at radius 2 is 2.20 bits per heavy atom. The van der Waals surface area contributed by atoms with Crippen LogP contribution in [0.15, 0.2) is 12.3 Å². The lowest BCUT2D eigenvalue weighted by Crippen LogP contribution is -2.45. The summed E-state index contributed by atoms with van der Waals surface area (Å²) in [7, 11) is 0. The minimum absolute atomic E-state index is 0.108. The highest BCUT2D eigenvalue weighted by Crippen LogP contribution is 2.23. The van der Waals surface area contributed by atoms with Crippen molar-refractivity contribution in [2.24, 2.45) is 0 Å². The molecule has 6 nitrogen and oxygen atoms in total. The van der Waals surface area contributed by atoms with Gasteiger partial charge in [0, 0.05) is 12.6 Å². The Morgan fingerprint density at radius 1 is 1.50 bits per heavy atom. The molecule has 0 bridgehead atoms. The fraction of sp³-hybridized carbons (Fsp3) is 0.333. The SMILES string of the molecule is ONC(CNc1cc(Cl)nn2c(I)cnc12)C(F)(F)F. The van der Waals surface area contributed by atoms with Crippen LogP contribution in [0.2, 0.25) is 5.15 Å². The lowest BCUT2D eigenvalue weighted by Gasteiger charge is -2.19. The van der Waals surface area contributed by atoms with Gasteiger partial charge in [-0.05, 0) is 22.6 Å². The van der Waals surface area contributed by atoms with Gasteiger partial charge in [-0.2, -0.15) is 23.8 Å². The highest BCUT2D eigenvalue weighted by Gasteiger charge is 2.39. The molecule has 0 saturated carbocycles. The van der Waals surface area contributed by atoms with Gasteiger partial charge in [-0.15, -0.1) is 0 Å². The predicted molar refractivity (Wildman–Crippen MR) is 74.0 cm³/mol. The molecule has 0 amide bonds. The summed E-state index contributed by atoms with van der Waals surface area (Å²) in [6.45, 7) is -0.584. The quantitative estimate of drug-likeness (QED) is 0.522. The molecule has 1 atom stereocenters. The summed E-state index contributed by atoms with van der Waals surface area (Å²) in [5, 5.41) is 15.2. The van der Waals surface area contributed by atoms with Crippen LogP contribution in [0.5, 0.6) is 0 Å². The van der Waals surface area contributed by atoms with E-state index in [1.807, 2.05) is 22.6 Å². The Hall–Kier alpha value is -0.850. The number of nitrogens with zero attached hydrogens (tertiary/aromatic N) is 3. The van der Waals surface area contributed by atoms with Crippen molar-refractivity contribution in [2.45, 2.75) is 12.2 Å². The minimum atomic E-state index is -4.58. The summed E-state index contributed by atoms with van der Waals surface area (Å²) in [4.78, 5) is 4.03. The first-order valence-corrected chi connectivity index (χ1v) is 6.68. The van der Waals surface area contributed by atoms with E-state index in [0.717, 1.165) is 0 Å².